The molecule has 100 valence electrons. The first-order chi connectivity index (χ1) is 8.58. The number of urea groups is 2. The number of hydrogen-bond acceptors (Lipinski definition) is 3. The number of amides is 4. The van der Waals surface area contributed by atoms with Crippen LogP contribution in [0.25, 0.3) is 10.8 Å². The molecule has 19 heavy (non-hydrogen) atoms. The predicted molar refractivity (Wildman–Crippen MR) is 75.4 cm³/mol. The third kappa shape index (κ3) is 3.11. The Labute approximate surface area is 109 Å². The average Bonchev–Trinajstić information content (AvgIpc) is 2.28. The van der Waals surface area contributed by atoms with Gasteiger partial charge >= 0.3 is 12.1 Å². The van der Waals surface area contributed by atoms with E-state index in [1.54, 1.807) is 0 Å². The van der Waals surface area contributed by atoms with Gasteiger partial charge in [0.15, 0.2) is 0 Å². The second kappa shape index (κ2) is 5.69. The summed E-state index contributed by atoms with van der Waals surface area (Å²) in [5.41, 5.74) is 10.3. The number of hydrogen-bond donors (Lipinski definition) is 5. The SMILES string of the molecule is N.NC(N)=O.O=C1Nc2cccc3cccc(c23)N1. The fourth-order valence-corrected chi connectivity index (χ4v) is 1.83. The van der Waals surface area contributed by atoms with E-state index in [-0.39, 0.29) is 12.2 Å². The quantitative estimate of drug-likeness (QED) is 0.494. The Bertz CT molecular complexity index is 580. The monoisotopic (exact) mass is 261 g/mol. The van der Waals surface area contributed by atoms with E-state index >= 15 is 0 Å². The Morgan fingerprint density at radius 2 is 1.37 bits per heavy atom. The third-order valence-electron chi connectivity index (χ3n) is 2.40. The van der Waals surface area contributed by atoms with Crippen LogP contribution in [-0.2, 0) is 0 Å². The lowest BCUT2D eigenvalue weighted by Gasteiger charge is -2.18. The van der Waals surface area contributed by atoms with Crippen molar-refractivity contribution in [2.75, 3.05) is 10.6 Å². The second-order valence-electron chi connectivity index (χ2n) is 3.69. The summed E-state index contributed by atoms with van der Waals surface area (Å²) >= 11 is 0. The van der Waals surface area contributed by atoms with Crippen LogP contribution in [0.5, 0.6) is 0 Å². The highest BCUT2D eigenvalue weighted by atomic mass is 16.2. The van der Waals surface area contributed by atoms with E-state index in [1.165, 1.54) is 0 Å². The summed E-state index contributed by atoms with van der Waals surface area (Å²) in [6.45, 7) is 0. The first kappa shape index (κ1) is 14.3. The number of anilines is 2. The van der Waals surface area contributed by atoms with Gasteiger partial charge in [-0.1, -0.05) is 24.3 Å². The zero-order valence-corrected chi connectivity index (χ0v) is 10.1. The summed E-state index contributed by atoms with van der Waals surface area (Å²) in [6.07, 6.45) is 0. The zero-order valence-electron chi connectivity index (χ0n) is 10.1. The normalized spacial score (nSPS) is 11.3. The Morgan fingerprint density at radius 3 is 1.79 bits per heavy atom. The molecule has 3 rings (SSSR count). The van der Waals surface area contributed by atoms with Crippen LogP contribution in [0, 0.1) is 0 Å². The van der Waals surface area contributed by atoms with Crippen molar-refractivity contribution in [1.29, 1.82) is 0 Å². The lowest BCUT2D eigenvalue weighted by molar-refractivity contribution is 0.256. The molecule has 1 aliphatic heterocycles. The summed E-state index contributed by atoms with van der Waals surface area (Å²) in [7, 11) is 0. The molecule has 0 unspecified atom stereocenters. The van der Waals surface area contributed by atoms with E-state index in [2.05, 4.69) is 22.1 Å². The standard InChI is InChI=1S/C11H8N2O.CH4N2O.H3N/c14-11-12-8-5-1-3-7-4-2-6-9(13-11)10(7)8;2-1(3)4;/h1-6H,(H2,12,13,14);(H4,2,3,4);1H3. The summed E-state index contributed by atoms with van der Waals surface area (Å²) in [5, 5.41) is 7.76. The minimum Gasteiger partial charge on any atom is -0.352 e. The molecule has 0 saturated heterocycles. The molecule has 1 heterocycles. The molecular formula is C12H15N5O2. The molecule has 4 amide bonds. The molecule has 0 saturated carbocycles. The van der Waals surface area contributed by atoms with E-state index in [4.69, 9.17) is 4.79 Å². The molecule has 7 heteroatoms. The molecule has 0 aliphatic carbocycles. The van der Waals surface area contributed by atoms with Gasteiger partial charge in [0.25, 0.3) is 0 Å². The molecule has 2 aromatic rings. The van der Waals surface area contributed by atoms with Crippen LogP contribution in [-0.4, -0.2) is 12.1 Å². The molecule has 0 spiro atoms. The van der Waals surface area contributed by atoms with Crippen molar-refractivity contribution in [3.63, 3.8) is 0 Å². The van der Waals surface area contributed by atoms with Crippen LogP contribution in [0.4, 0.5) is 21.0 Å². The van der Waals surface area contributed by atoms with Gasteiger partial charge in [-0.05, 0) is 17.5 Å². The number of benzene rings is 2. The van der Waals surface area contributed by atoms with Gasteiger partial charge in [0.2, 0.25) is 0 Å². The number of nitrogens with two attached hydrogens (primary N) is 2. The van der Waals surface area contributed by atoms with Gasteiger partial charge in [-0.15, -0.1) is 0 Å². The van der Waals surface area contributed by atoms with Crippen LogP contribution in [0.15, 0.2) is 36.4 Å². The van der Waals surface area contributed by atoms with Crippen molar-refractivity contribution in [3.05, 3.63) is 36.4 Å². The van der Waals surface area contributed by atoms with Crippen molar-refractivity contribution in [1.82, 2.24) is 6.15 Å². The van der Waals surface area contributed by atoms with Crippen molar-refractivity contribution < 1.29 is 9.59 Å². The molecule has 1 aliphatic rings. The van der Waals surface area contributed by atoms with Crippen molar-refractivity contribution in [2.45, 2.75) is 0 Å². The highest BCUT2D eigenvalue weighted by molar-refractivity contribution is 6.17. The number of primary amides is 2. The predicted octanol–water partition coefficient (Wildman–Crippen LogP) is 1.98. The maximum atomic E-state index is 11.2. The number of rotatable bonds is 0. The molecule has 0 radical (unpaired) electrons. The minimum absolute atomic E-state index is 0. The number of carbonyl (C=O) groups excluding carboxylic acids is 2. The molecule has 0 bridgehead atoms. The fraction of sp³-hybridized carbons (Fsp3) is 0. The van der Waals surface area contributed by atoms with Gasteiger partial charge in [-0.3, -0.25) is 0 Å². The maximum absolute atomic E-state index is 11.2. The highest BCUT2D eigenvalue weighted by Crippen LogP contribution is 2.33. The Morgan fingerprint density at radius 1 is 0.947 bits per heavy atom. The zero-order chi connectivity index (χ0) is 13.1. The van der Waals surface area contributed by atoms with Crippen molar-refractivity contribution >= 4 is 34.2 Å². The van der Waals surface area contributed by atoms with Gasteiger partial charge in [-0.2, -0.15) is 0 Å². The van der Waals surface area contributed by atoms with Gasteiger partial charge in [0.05, 0.1) is 11.4 Å². The number of nitrogens with one attached hydrogen (secondary N) is 2. The number of carbonyl (C=O) groups is 2. The molecule has 0 atom stereocenters. The highest BCUT2D eigenvalue weighted by Gasteiger charge is 2.15. The van der Waals surface area contributed by atoms with E-state index in [9.17, 15) is 4.79 Å². The summed E-state index contributed by atoms with van der Waals surface area (Å²) in [4.78, 5) is 20.2. The summed E-state index contributed by atoms with van der Waals surface area (Å²) in [5.74, 6) is 0. The summed E-state index contributed by atoms with van der Waals surface area (Å²) < 4.78 is 0. The van der Waals surface area contributed by atoms with Crippen molar-refractivity contribution in [3.8, 4) is 0 Å². The van der Waals surface area contributed by atoms with E-state index in [0.29, 0.717) is 0 Å². The van der Waals surface area contributed by atoms with Gasteiger partial charge in [-0.25, -0.2) is 9.59 Å². The molecular weight excluding hydrogens is 246 g/mol. The van der Waals surface area contributed by atoms with E-state index in [0.717, 1.165) is 22.1 Å². The van der Waals surface area contributed by atoms with Crippen LogP contribution >= 0.6 is 0 Å². The van der Waals surface area contributed by atoms with Gasteiger partial charge < -0.3 is 28.3 Å². The Balaban J connectivity index is 0.000000323. The Hall–Kier alpha value is -2.80. The lowest BCUT2D eigenvalue weighted by atomic mass is 10.1. The minimum atomic E-state index is -0.833. The van der Waals surface area contributed by atoms with Crippen LogP contribution in [0.3, 0.4) is 0 Å². The average molecular weight is 261 g/mol. The van der Waals surface area contributed by atoms with Crippen LogP contribution in [0.1, 0.15) is 0 Å². The molecule has 0 fully saturated rings. The van der Waals surface area contributed by atoms with Gasteiger partial charge in [0.1, 0.15) is 0 Å². The molecule has 2 aromatic carbocycles. The largest absolute Gasteiger partial charge is 0.352 e. The first-order valence-electron chi connectivity index (χ1n) is 5.22. The van der Waals surface area contributed by atoms with Crippen LogP contribution < -0.4 is 28.3 Å². The summed E-state index contributed by atoms with van der Waals surface area (Å²) in [6, 6.07) is 10.7. The maximum Gasteiger partial charge on any atom is 0.323 e. The van der Waals surface area contributed by atoms with E-state index in [1.807, 2.05) is 36.4 Å². The van der Waals surface area contributed by atoms with Crippen LogP contribution in [0.2, 0.25) is 0 Å². The van der Waals surface area contributed by atoms with Crippen molar-refractivity contribution in [2.24, 2.45) is 11.5 Å². The Kier molecular flexibility index (Phi) is 4.27. The lowest BCUT2D eigenvalue weighted by Crippen LogP contribution is -2.23. The topological polar surface area (TPSA) is 145 Å². The molecule has 0 aromatic heterocycles. The first-order valence-corrected chi connectivity index (χ1v) is 5.22. The molecule has 9 N–H and O–H groups in total. The van der Waals surface area contributed by atoms with E-state index < -0.39 is 6.03 Å². The molecule has 7 nitrogen and oxygen atoms in total. The van der Waals surface area contributed by atoms with Gasteiger partial charge in [0, 0.05) is 5.39 Å². The fourth-order valence-electron chi connectivity index (χ4n) is 1.83. The second-order valence-corrected chi connectivity index (χ2v) is 3.69. The third-order valence-corrected chi connectivity index (χ3v) is 2.40. The smallest absolute Gasteiger partial charge is 0.323 e.